The van der Waals surface area contributed by atoms with Crippen molar-refractivity contribution in [1.29, 1.82) is 0 Å². The number of aliphatic imine (C=N–C) groups is 2. The zero-order valence-corrected chi connectivity index (χ0v) is 27.2. The molecule has 1 heterocycles. The van der Waals surface area contributed by atoms with Gasteiger partial charge < -0.3 is 53.3 Å². The molecule has 1 aromatic carbocycles. The molecular formula is C30H47N11O6. The number of benzene rings is 1. The molecule has 0 saturated heterocycles. The van der Waals surface area contributed by atoms with Gasteiger partial charge in [-0.05, 0) is 46.5 Å². The van der Waals surface area contributed by atoms with Gasteiger partial charge in [0, 0.05) is 37.0 Å². The van der Waals surface area contributed by atoms with E-state index in [0.717, 1.165) is 5.56 Å². The predicted octanol–water partition coefficient (Wildman–Crippen LogP) is -0.238. The lowest BCUT2D eigenvalue weighted by molar-refractivity contribution is -0.145. The van der Waals surface area contributed by atoms with Gasteiger partial charge in [-0.2, -0.15) is 0 Å². The van der Waals surface area contributed by atoms with Crippen molar-refractivity contribution >= 4 is 35.8 Å². The molecule has 3 atom stereocenters. The van der Waals surface area contributed by atoms with Crippen molar-refractivity contribution in [3.8, 4) is 11.4 Å². The predicted molar refractivity (Wildman–Crippen MR) is 177 cm³/mol. The van der Waals surface area contributed by atoms with Crippen molar-refractivity contribution in [3.05, 3.63) is 42.2 Å². The van der Waals surface area contributed by atoms with Crippen LogP contribution in [0.15, 0.2) is 46.5 Å². The van der Waals surface area contributed by atoms with E-state index in [-0.39, 0.29) is 44.3 Å². The topological polar surface area (TPSA) is 280 Å². The number of hydrogen-bond acceptors (Lipinski definition) is 9. The van der Waals surface area contributed by atoms with Gasteiger partial charge in [0.1, 0.15) is 29.6 Å². The number of aromatic amines is 1. The zero-order chi connectivity index (χ0) is 35.0. The highest BCUT2D eigenvalue weighted by Crippen LogP contribution is 2.16. The van der Waals surface area contributed by atoms with Crippen molar-refractivity contribution in [3.63, 3.8) is 0 Å². The van der Waals surface area contributed by atoms with Gasteiger partial charge in [-0.1, -0.05) is 30.3 Å². The fourth-order valence-electron chi connectivity index (χ4n) is 4.30. The Morgan fingerprint density at radius 3 is 1.96 bits per heavy atom. The number of alkyl carbamates (subject to hydrolysis) is 1. The minimum atomic E-state index is -1.21. The largest absolute Gasteiger partial charge is 0.467 e. The van der Waals surface area contributed by atoms with E-state index < -0.39 is 47.6 Å². The van der Waals surface area contributed by atoms with Gasteiger partial charge >= 0.3 is 12.1 Å². The molecule has 258 valence electrons. The number of hydrogen-bond donors (Lipinski definition) is 8. The smallest absolute Gasteiger partial charge is 0.408 e. The number of aromatic nitrogens is 2. The summed E-state index contributed by atoms with van der Waals surface area (Å²) in [7, 11) is 1.20. The third kappa shape index (κ3) is 14.5. The number of carbonyl (C=O) groups is 4. The SMILES string of the molecule is COC(=O)[C@H](CCCN=C(N)N)NC(=O)[C@H](Cc1cnc(-c2ccccc2)[nH]1)NC(=O)[C@H](CCCN=C(N)N)NC(=O)OC(C)(C)C. The second-order valence-electron chi connectivity index (χ2n) is 11.6. The van der Waals surface area contributed by atoms with Crippen LogP contribution in [-0.2, 0) is 30.3 Å². The highest BCUT2D eigenvalue weighted by atomic mass is 16.6. The number of carbonyl (C=O) groups excluding carboxylic acids is 4. The van der Waals surface area contributed by atoms with Crippen LogP contribution in [-0.4, -0.2) is 89.7 Å². The summed E-state index contributed by atoms with van der Waals surface area (Å²) < 4.78 is 10.2. The van der Waals surface area contributed by atoms with Crippen molar-refractivity contribution in [2.24, 2.45) is 32.9 Å². The number of nitrogens with two attached hydrogens (primary N) is 4. The molecule has 0 aliphatic carbocycles. The summed E-state index contributed by atoms with van der Waals surface area (Å²) in [5.41, 5.74) is 22.1. The number of nitrogens with one attached hydrogen (secondary N) is 4. The molecule has 0 unspecified atom stereocenters. The van der Waals surface area contributed by atoms with Crippen LogP contribution in [0.4, 0.5) is 4.79 Å². The number of guanidine groups is 2. The maximum atomic E-state index is 13.7. The van der Waals surface area contributed by atoms with E-state index in [0.29, 0.717) is 24.4 Å². The number of ether oxygens (including phenoxy) is 2. The number of amides is 3. The summed E-state index contributed by atoms with van der Waals surface area (Å²) in [5, 5.41) is 7.94. The van der Waals surface area contributed by atoms with Gasteiger partial charge in [-0.15, -0.1) is 0 Å². The number of nitrogens with zero attached hydrogens (tertiary/aromatic N) is 3. The summed E-state index contributed by atoms with van der Waals surface area (Å²) in [5.74, 6) is -1.70. The van der Waals surface area contributed by atoms with Gasteiger partial charge in [0.25, 0.3) is 0 Å². The molecule has 0 bridgehead atoms. The Balaban J connectivity index is 2.34. The van der Waals surface area contributed by atoms with Crippen LogP contribution in [0.3, 0.4) is 0 Å². The first-order chi connectivity index (χ1) is 22.2. The van der Waals surface area contributed by atoms with Crippen LogP contribution in [0, 0.1) is 0 Å². The Kier molecular flexibility index (Phi) is 15.0. The first-order valence-electron chi connectivity index (χ1n) is 15.1. The van der Waals surface area contributed by atoms with Crippen LogP contribution in [0.2, 0.25) is 0 Å². The molecule has 2 rings (SSSR count). The van der Waals surface area contributed by atoms with Crippen molar-refractivity contribution in [2.75, 3.05) is 20.2 Å². The molecule has 0 saturated carbocycles. The maximum Gasteiger partial charge on any atom is 0.408 e. The summed E-state index contributed by atoms with van der Waals surface area (Å²) in [4.78, 5) is 67.9. The molecule has 17 heteroatoms. The van der Waals surface area contributed by atoms with Crippen LogP contribution < -0.4 is 38.9 Å². The minimum Gasteiger partial charge on any atom is -0.467 e. The molecule has 0 spiro atoms. The van der Waals surface area contributed by atoms with E-state index in [1.54, 1.807) is 27.0 Å². The standard InChI is InChI=1S/C30H47N11O6/c1-30(2,3)47-29(45)41-20(12-8-14-35-27(31)32)24(42)40-22(16-19-17-37-23(38-19)18-10-6-5-7-11-18)25(43)39-21(26(44)46-4)13-9-15-36-28(33)34/h5-7,10-11,17,20-22H,8-9,12-16H2,1-4H3,(H,37,38)(H,39,43)(H,40,42)(H,41,45)(H4,31,32,35)(H4,33,34,36)/t20-,21-,22-/m0/s1. The molecule has 12 N–H and O–H groups in total. The van der Waals surface area contributed by atoms with Gasteiger partial charge in [0.2, 0.25) is 11.8 Å². The molecular weight excluding hydrogens is 610 g/mol. The summed E-state index contributed by atoms with van der Waals surface area (Å²) >= 11 is 0. The van der Waals surface area contributed by atoms with E-state index in [2.05, 4.69) is 35.9 Å². The Labute approximate surface area is 273 Å². The van der Waals surface area contributed by atoms with Crippen molar-refractivity contribution in [2.45, 2.75) is 76.6 Å². The highest BCUT2D eigenvalue weighted by Gasteiger charge is 2.31. The Morgan fingerprint density at radius 1 is 0.851 bits per heavy atom. The Bertz CT molecular complexity index is 1380. The maximum absolute atomic E-state index is 13.7. The summed E-state index contributed by atoms with van der Waals surface area (Å²) in [6.45, 7) is 5.47. The molecule has 2 aromatic rings. The molecule has 3 amide bonds. The monoisotopic (exact) mass is 657 g/mol. The Morgan fingerprint density at radius 2 is 1.40 bits per heavy atom. The molecule has 1 aromatic heterocycles. The fourth-order valence-corrected chi connectivity index (χ4v) is 4.30. The molecule has 0 fully saturated rings. The number of methoxy groups -OCH3 is 1. The quantitative estimate of drug-likeness (QED) is 0.0475. The van der Waals surface area contributed by atoms with E-state index in [1.165, 1.54) is 7.11 Å². The number of esters is 1. The Hall–Kier alpha value is -5.35. The highest BCUT2D eigenvalue weighted by molar-refractivity contribution is 5.93. The molecule has 0 radical (unpaired) electrons. The third-order valence-electron chi connectivity index (χ3n) is 6.43. The van der Waals surface area contributed by atoms with Crippen LogP contribution in [0.5, 0.6) is 0 Å². The van der Waals surface area contributed by atoms with Crippen LogP contribution in [0.1, 0.15) is 52.1 Å². The number of rotatable bonds is 17. The lowest BCUT2D eigenvalue weighted by Crippen LogP contribution is -2.56. The molecule has 0 aliphatic heterocycles. The summed E-state index contributed by atoms with van der Waals surface area (Å²) in [6, 6.07) is 5.94. The summed E-state index contributed by atoms with van der Waals surface area (Å²) in [6.07, 6.45) is 1.64. The third-order valence-corrected chi connectivity index (χ3v) is 6.43. The second kappa shape index (κ2) is 18.6. The average molecular weight is 658 g/mol. The van der Waals surface area contributed by atoms with Gasteiger partial charge in [0.15, 0.2) is 11.9 Å². The van der Waals surface area contributed by atoms with Crippen LogP contribution >= 0.6 is 0 Å². The fraction of sp³-hybridized carbons (Fsp3) is 0.500. The minimum absolute atomic E-state index is 0.0353. The number of imidazole rings is 1. The van der Waals surface area contributed by atoms with E-state index in [4.69, 9.17) is 32.4 Å². The zero-order valence-electron chi connectivity index (χ0n) is 27.2. The molecule has 47 heavy (non-hydrogen) atoms. The van der Waals surface area contributed by atoms with E-state index in [9.17, 15) is 19.2 Å². The van der Waals surface area contributed by atoms with E-state index in [1.807, 2.05) is 30.3 Å². The van der Waals surface area contributed by atoms with E-state index >= 15 is 0 Å². The molecule has 0 aliphatic rings. The number of H-pyrrole nitrogens is 1. The second-order valence-corrected chi connectivity index (χ2v) is 11.6. The van der Waals surface area contributed by atoms with Crippen LogP contribution in [0.25, 0.3) is 11.4 Å². The van der Waals surface area contributed by atoms with Crippen molar-refractivity contribution in [1.82, 2.24) is 25.9 Å². The van der Waals surface area contributed by atoms with Gasteiger partial charge in [0.05, 0.1) is 7.11 Å². The lowest BCUT2D eigenvalue weighted by Gasteiger charge is -2.26. The van der Waals surface area contributed by atoms with Gasteiger partial charge in [-0.3, -0.25) is 19.6 Å². The van der Waals surface area contributed by atoms with Gasteiger partial charge in [-0.25, -0.2) is 14.6 Å². The lowest BCUT2D eigenvalue weighted by atomic mass is 10.1. The first-order valence-corrected chi connectivity index (χ1v) is 15.1. The molecule has 17 nitrogen and oxygen atoms in total. The normalized spacial score (nSPS) is 12.9. The van der Waals surface area contributed by atoms with Crippen molar-refractivity contribution < 1.29 is 28.7 Å². The average Bonchev–Trinajstić information content (AvgIpc) is 3.47. The first kappa shape index (κ1) is 37.8.